The Morgan fingerprint density at radius 3 is 2.71 bits per heavy atom. The Morgan fingerprint density at radius 2 is 1.90 bits per heavy atom. The number of aliphatic hydroxyl groups excluding tert-OH is 1. The van der Waals surface area contributed by atoms with Crippen LogP contribution in [0.25, 0.3) is 10.8 Å². The number of hydrogen-bond donors (Lipinski definition) is 1. The molecule has 2 aromatic carbocycles. The van der Waals surface area contributed by atoms with Crippen LogP contribution in [0.1, 0.15) is 12.0 Å². The number of nitrogens with zero attached hydrogens (tertiary/aromatic N) is 2. The lowest BCUT2D eigenvalue weighted by atomic mass is 10.0. The Labute approximate surface area is 126 Å². The van der Waals surface area contributed by atoms with E-state index in [-0.39, 0.29) is 6.10 Å². The van der Waals surface area contributed by atoms with Crippen LogP contribution in [-0.2, 0) is 6.54 Å². The van der Waals surface area contributed by atoms with E-state index in [0.717, 1.165) is 26.1 Å². The molecule has 0 aliphatic carbocycles. The summed E-state index contributed by atoms with van der Waals surface area (Å²) in [5, 5.41) is 12.6. The molecule has 0 aromatic heterocycles. The van der Waals surface area contributed by atoms with Crippen LogP contribution in [-0.4, -0.2) is 54.2 Å². The molecular formula is C18H24N2O. The Bertz CT molecular complexity index is 606. The topological polar surface area (TPSA) is 26.7 Å². The van der Waals surface area contributed by atoms with Crippen LogP contribution in [0.5, 0.6) is 0 Å². The van der Waals surface area contributed by atoms with Crippen molar-refractivity contribution in [2.45, 2.75) is 25.1 Å². The highest BCUT2D eigenvalue weighted by atomic mass is 16.3. The number of benzene rings is 2. The SMILES string of the molecule is CN(C)CC1CC(O)CN1Cc1cccc2ccccc12. The first kappa shape index (κ1) is 14.5. The number of aliphatic hydroxyl groups is 1. The highest BCUT2D eigenvalue weighted by Crippen LogP contribution is 2.25. The van der Waals surface area contributed by atoms with Gasteiger partial charge in [0.05, 0.1) is 6.10 Å². The fraction of sp³-hybridized carbons (Fsp3) is 0.444. The number of hydrogen-bond acceptors (Lipinski definition) is 3. The lowest BCUT2D eigenvalue weighted by Gasteiger charge is -2.27. The molecule has 1 saturated heterocycles. The van der Waals surface area contributed by atoms with Gasteiger partial charge in [-0.1, -0.05) is 42.5 Å². The monoisotopic (exact) mass is 284 g/mol. The summed E-state index contributed by atoms with van der Waals surface area (Å²) in [6.07, 6.45) is 0.688. The summed E-state index contributed by atoms with van der Waals surface area (Å²) in [6, 6.07) is 15.5. The molecule has 0 amide bonds. The van der Waals surface area contributed by atoms with Gasteiger partial charge in [0.25, 0.3) is 0 Å². The van der Waals surface area contributed by atoms with Crippen LogP contribution < -0.4 is 0 Å². The molecule has 3 heteroatoms. The molecular weight excluding hydrogens is 260 g/mol. The summed E-state index contributed by atoms with van der Waals surface area (Å²) >= 11 is 0. The Morgan fingerprint density at radius 1 is 1.14 bits per heavy atom. The summed E-state index contributed by atoms with van der Waals surface area (Å²) in [6.45, 7) is 2.69. The van der Waals surface area contributed by atoms with Gasteiger partial charge in [-0.15, -0.1) is 0 Å². The summed E-state index contributed by atoms with van der Waals surface area (Å²) in [5.41, 5.74) is 1.35. The van der Waals surface area contributed by atoms with E-state index in [4.69, 9.17) is 0 Å². The minimum absolute atomic E-state index is 0.190. The fourth-order valence-corrected chi connectivity index (χ4v) is 3.41. The molecule has 2 aromatic rings. The lowest BCUT2D eigenvalue weighted by molar-refractivity contribution is 0.169. The number of rotatable bonds is 4. The van der Waals surface area contributed by atoms with Crippen LogP contribution in [0.3, 0.4) is 0 Å². The van der Waals surface area contributed by atoms with Crippen LogP contribution in [0, 0.1) is 0 Å². The van der Waals surface area contributed by atoms with E-state index in [1.807, 2.05) is 0 Å². The van der Waals surface area contributed by atoms with Gasteiger partial charge >= 0.3 is 0 Å². The molecule has 2 atom stereocenters. The molecule has 21 heavy (non-hydrogen) atoms. The quantitative estimate of drug-likeness (QED) is 0.933. The van der Waals surface area contributed by atoms with E-state index in [2.05, 4.69) is 66.4 Å². The number of fused-ring (bicyclic) bond motifs is 1. The third kappa shape index (κ3) is 3.26. The van der Waals surface area contributed by atoms with Crippen LogP contribution in [0.4, 0.5) is 0 Å². The first-order valence-corrected chi connectivity index (χ1v) is 7.67. The highest BCUT2D eigenvalue weighted by Gasteiger charge is 2.31. The number of β-amino-alcohol motifs (C(OH)–C–C–N with tert-alkyl or cyclic N) is 1. The zero-order chi connectivity index (χ0) is 14.8. The van der Waals surface area contributed by atoms with Gasteiger partial charge in [0.1, 0.15) is 0 Å². The number of likely N-dealkylation sites (tertiary alicyclic amines) is 1. The fourth-order valence-electron chi connectivity index (χ4n) is 3.41. The first-order valence-electron chi connectivity index (χ1n) is 7.67. The average Bonchev–Trinajstić information content (AvgIpc) is 2.78. The van der Waals surface area contributed by atoms with Gasteiger partial charge in [0.15, 0.2) is 0 Å². The standard InChI is InChI=1S/C18H24N2O/c1-19(2)12-16-10-17(21)13-20(16)11-15-8-5-7-14-6-3-4-9-18(14)15/h3-9,16-17,21H,10-13H2,1-2H3. The van der Waals surface area contributed by atoms with E-state index in [9.17, 15) is 5.11 Å². The molecule has 3 nitrogen and oxygen atoms in total. The molecule has 1 fully saturated rings. The molecule has 1 aliphatic heterocycles. The highest BCUT2D eigenvalue weighted by molar-refractivity contribution is 5.85. The third-order valence-corrected chi connectivity index (χ3v) is 4.34. The molecule has 0 saturated carbocycles. The van der Waals surface area contributed by atoms with Gasteiger partial charge in [0.2, 0.25) is 0 Å². The summed E-state index contributed by atoms with van der Waals surface area (Å²) < 4.78 is 0. The average molecular weight is 284 g/mol. The minimum atomic E-state index is -0.190. The van der Waals surface area contributed by atoms with E-state index in [1.165, 1.54) is 16.3 Å². The molecule has 1 N–H and O–H groups in total. The molecule has 0 bridgehead atoms. The van der Waals surface area contributed by atoms with Crippen molar-refractivity contribution in [2.75, 3.05) is 27.2 Å². The molecule has 1 aliphatic rings. The van der Waals surface area contributed by atoms with Crippen molar-refractivity contribution in [3.05, 3.63) is 48.0 Å². The maximum absolute atomic E-state index is 10.0. The zero-order valence-electron chi connectivity index (χ0n) is 12.9. The molecule has 1 heterocycles. The second-order valence-corrected chi connectivity index (χ2v) is 6.37. The van der Waals surface area contributed by atoms with Crippen molar-refractivity contribution >= 4 is 10.8 Å². The van der Waals surface area contributed by atoms with Gasteiger partial charge < -0.3 is 10.0 Å². The van der Waals surface area contributed by atoms with E-state index >= 15 is 0 Å². The second-order valence-electron chi connectivity index (χ2n) is 6.37. The third-order valence-electron chi connectivity index (χ3n) is 4.34. The zero-order valence-corrected chi connectivity index (χ0v) is 12.9. The van der Waals surface area contributed by atoms with Crippen LogP contribution >= 0.6 is 0 Å². The van der Waals surface area contributed by atoms with Crippen molar-refractivity contribution in [3.63, 3.8) is 0 Å². The maximum Gasteiger partial charge on any atom is 0.0682 e. The van der Waals surface area contributed by atoms with Gasteiger partial charge in [-0.2, -0.15) is 0 Å². The number of likely N-dealkylation sites (N-methyl/N-ethyl adjacent to an activating group) is 1. The lowest BCUT2D eigenvalue weighted by Crippen LogP contribution is -2.37. The van der Waals surface area contributed by atoms with Crippen molar-refractivity contribution in [1.29, 1.82) is 0 Å². The summed E-state index contributed by atoms with van der Waals surface area (Å²) in [7, 11) is 4.20. The van der Waals surface area contributed by atoms with Crippen LogP contribution in [0.2, 0.25) is 0 Å². The van der Waals surface area contributed by atoms with E-state index in [0.29, 0.717) is 6.04 Å². The minimum Gasteiger partial charge on any atom is -0.392 e. The molecule has 112 valence electrons. The van der Waals surface area contributed by atoms with Gasteiger partial charge in [-0.3, -0.25) is 4.90 Å². The first-order chi connectivity index (χ1) is 10.1. The Balaban J connectivity index is 1.83. The van der Waals surface area contributed by atoms with E-state index in [1.54, 1.807) is 0 Å². The van der Waals surface area contributed by atoms with Crippen molar-refractivity contribution in [2.24, 2.45) is 0 Å². The maximum atomic E-state index is 10.0. The second kappa shape index (κ2) is 6.14. The summed E-state index contributed by atoms with van der Waals surface area (Å²) in [5.74, 6) is 0. The largest absolute Gasteiger partial charge is 0.392 e. The van der Waals surface area contributed by atoms with Crippen molar-refractivity contribution in [3.8, 4) is 0 Å². The van der Waals surface area contributed by atoms with Crippen molar-refractivity contribution < 1.29 is 5.11 Å². The smallest absolute Gasteiger partial charge is 0.0682 e. The predicted molar refractivity (Wildman–Crippen MR) is 87.3 cm³/mol. The Kier molecular flexibility index (Phi) is 4.24. The van der Waals surface area contributed by atoms with Crippen LogP contribution in [0.15, 0.2) is 42.5 Å². The summed E-state index contributed by atoms with van der Waals surface area (Å²) in [4.78, 5) is 4.63. The molecule has 3 rings (SSSR count). The van der Waals surface area contributed by atoms with Gasteiger partial charge in [-0.05, 0) is 36.9 Å². The molecule has 2 unspecified atom stereocenters. The Hall–Kier alpha value is -1.42. The van der Waals surface area contributed by atoms with E-state index < -0.39 is 0 Å². The normalized spacial score (nSPS) is 23.2. The molecule has 0 spiro atoms. The van der Waals surface area contributed by atoms with Crippen molar-refractivity contribution in [1.82, 2.24) is 9.80 Å². The van der Waals surface area contributed by atoms with Gasteiger partial charge in [0, 0.05) is 25.7 Å². The molecule has 0 radical (unpaired) electrons. The van der Waals surface area contributed by atoms with Gasteiger partial charge in [-0.25, -0.2) is 0 Å². The predicted octanol–water partition coefficient (Wildman–Crippen LogP) is 2.34.